The SMILES string of the molecule is COC(=O)C(CC(C)C)NC(=O)COC(=O)COc1ccccc1C. The minimum absolute atomic E-state index is 0.189. The van der Waals surface area contributed by atoms with Gasteiger partial charge in [-0.15, -0.1) is 0 Å². The first-order chi connectivity index (χ1) is 11.8. The van der Waals surface area contributed by atoms with Crippen LogP contribution in [0.1, 0.15) is 25.8 Å². The van der Waals surface area contributed by atoms with Crippen molar-refractivity contribution in [2.75, 3.05) is 20.3 Å². The molecular formula is C18H25NO6. The summed E-state index contributed by atoms with van der Waals surface area (Å²) in [6.45, 7) is 4.91. The van der Waals surface area contributed by atoms with Gasteiger partial charge in [-0.05, 0) is 30.9 Å². The van der Waals surface area contributed by atoms with Crippen LogP contribution >= 0.6 is 0 Å². The van der Waals surface area contributed by atoms with Crippen molar-refractivity contribution < 1.29 is 28.6 Å². The molecule has 0 saturated carbocycles. The standard InChI is InChI=1S/C18H25NO6/c1-12(2)9-14(18(22)23-4)19-16(20)10-25-17(21)11-24-15-8-6-5-7-13(15)3/h5-8,12,14H,9-11H2,1-4H3,(H,19,20). The summed E-state index contributed by atoms with van der Waals surface area (Å²) in [5.41, 5.74) is 0.891. The third-order valence-electron chi connectivity index (χ3n) is 3.33. The van der Waals surface area contributed by atoms with Crippen molar-refractivity contribution in [2.45, 2.75) is 33.2 Å². The maximum Gasteiger partial charge on any atom is 0.344 e. The largest absolute Gasteiger partial charge is 0.482 e. The van der Waals surface area contributed by atoms with E-state index in [9.17, 15) is 14.4 Å². The first kappa shape index (κ1) is 20.5. The molecule has 1 amide bonds. The monoisotopic (exact) mass is 351 g/mol. The number of hydrogen-bond donors (Lipinski definition) is 1. The molecule has 0 aliphatic carbocycles. The summed E-state index contributed by atoms with van der Waals surface area (Å²) >= 11 is 0. The number of esters is 2. The summed E-state index contributed by atoms with van der Waals surface area (Å²) in [4.78, 5) is 35.2. The summed E-state index contributed by atoms with van der Waals surface area (Å²) < 4.78 is 14.9. The van der Waals surface area contributed by atoms with Crippen LogP contribution in [0.5, 0.6) is 5.75 Å². The molecule has 1 rings (SSSR count). The Hall–Kier alpha value is -2.57. The molecule has 0 spiro atoms. The van der Waals surface area contributed by atoms with Gasteiger partial charge in [-0.3, -0.25) is 4.79 Å². The van der Waals surface area contributed by atoms with E-state index in [2.05, 4.69) is 10.1 Å². The van der Waals surface area contributed by atoms with Crippen LogP contribution in [-0.2, 0) is 23.9 Å². The van der Waals surface area contributed by atoms with Gasteiger partial charge in [-0.2, -0.15) is 0 Å². The fourth-order valence-corrected chi connectivity index (χ4v) is 2.11. The number of aryl methyl sites for hydroxylation is 1. The molecule has 1 N–H and O–H groups in total. The molecule has 0 aromatic heterocycles. The molecule has 138 valence electrons. The van der Waals surface area contributed by atoms with Gasteiger partial charge in [0.1, 0.15) is 11.8 Å². The quantitative estimate of drug-likeness (QED) is 0.680. The van der Waals surface area contributed by atoms with Crippen LogP contribution in [0.15, 0.2) is 24.3 Å². The summed E-state index contributed by atoms with van der Waals surface area (Å²) in [5, 5.41) is 2.51. The number of benzene rings is 1. The summed E-state index contributed by atoms with van der Waals surface area (Å²) in [5.74, 6) is -1.01. The highest BCUT2D eigenvalue weighted by atomic mass is 16.6. The van der Waals surface area contributed by atoms with E-state index in [1.165, 1.54) is 7.11 Å². The molecular weight excluding hydrogens is 326 g/mol. The molecule has 0 heterocycles. The van der Waals surface area contributed by atoms with Crippen molar-refractivity contribution in [3.63, 3.8) is 0 Å². The van der Waals surface area contributed by atoms with Crippen molar-refractivity contribution in [3.8, 4) is 5.75 Å². The minimum atomic E-state index is -0.764. The lowest BCUT2D eigenvalue weighted by Gasteiger charge is -2.18. The molecule has 1 unspecified atom stereocenters. The molecule has 7 nitrogen and oxygen atoms in total. The molecule has 0 radical (unpaired) electrons. The number of carbonyl (C=O) groups is 3. The first-order valence-corrected chi connectivity index (χ1v) is 8.04. The third-order valence-corrected chi connectivity index (χ3v) is 3.33. The van der Waals surface area contributed by atoms with Gasteiger partial charge in [0.05, 0.1) is 7.11 Å². The number of nitrogens with one attached hydrogen (secondary N) is 1. The summed E-state index contributed by atoms with van der Waals surface area (Å²) in [6, 6.07) is 6.49. The first-order valence-electron chi connectivity index (χ1n) is 8.04. The lowest BCUT2D eigenvalue weighted by Crippen LogP contribution is -2.44. The number of rotatable bonds is 9. The van der Waals surface area contributed by atoms with E-state index in [4.69, 9.17) is 9.47 Å². The fraction of sp³-hybridized carbons (Fsp3) is 0.500. The van der Waals surface area contributed by atoms with E-state index in [0.29, 0.717) is 12.2 Å². The fourth-order valence-electron chi connectivity index (χ4n) is 2.11. The van der Waals surface area contributed by atoms with E-state index >= 15 is 0 Å². The zero-order valence-electron chi connectivity index (χ0n) is 15.0. The van der Waals surface area contributed by atoms with Gasteiger partial charge >= 0.3 is 11.9 Å². The second-order valence-electron chi connectivity index (χ2n) is 5.99. The predicted molar refractivity (Wildman–Crippen MR) is 91.0 cm³/mol. The maximum atomic E-state index is 11.9. The number of carbonyl (C=O) groups excluding carboxylic acids is 3. The van der Waals surface area contributed by atoms with Gasteiger partial charge in [0.15, 0.2) is 13.2 Å². The van der Waals surface area contributed by atoms with Crippen LogP contribution in [0.3, 0.4) is 0 Å². The van der Waals surface area contributed by atoms with Crippen molar-refractivity contribution in [1.29, 1.82) is 0 Å². The molecule has 0 saturated heterocycles. The van der Waals surface area contributed by atoms with Crippen molar-refractivity contribution in [1.82, 2.24) is 5.32 Å². The van der Waals surface area contributed by atoms with Crippen LogP contribution in [-0.4, -0.2) is 44.2 Å². The zero-order valence-corrected chi connectivity index (χ0v) is 15.0. The molecule has 1 atom stereocenters. The normalized spacial score (nSPS) is 11.6. The van der Waals surface area contributed by atoms with Gasteiger partial charge in [0.2, 0.25) is 0 Å². The third kappa shape index (κ3) is 7.69. The average Bonchev–Trinajstić information content (AvgIpc) is 2.57. The Morgan fingerprint density at radius 2 is 1.80 bits per heavy atom. The Bertz CT molecular complexity index is 599. The van der Waals surface area contributed by atoms with Crippen LogP contribution in [0.2, 0.25) is 0 Å². The highest BCUT2D eigenvalue weighted by Crippen LogP contribution is 2.15. The molecule has 0 bridgehead atoms. The molecule has 7 heteroatoms. The average molecular weight is 351 g/mol. The number of methoxy groups -OCH3 is 1. The van der Waals surface area contributed by atoms with Gasteiger partial charge in [0, 0.05) is 0 Å². The van der Waals surface area contributed by atoms with Gasteiger partial charge in [0.25, 0.3) is 5.91 Å². The number of amides is 1. The summed E-state index contributed by atoms with van der Waals surface area (Å²) in [6.07, 6.45) is 0.433. The Balaban J connectivity index is 2.40. The Morgan fingerprint density at radius 3 is 2.40 bits per heavy atom. The second kappa shape index (κ2) is 10.3. The zero-order chi connectivity index (χ0) is 18.8. The molecule has 0 fully saturated rings. The van der Waals surface area contributed by atoms with Crippen molar-refractivity contribution in [3.05, 3.63) is 29.8 Å². The van der Waals surface area contributed by atoms with Crippen LogP contribution in [0, 0.1) is 12.8 Å². The number of hydrogen-bond acceptors (Lipinski definition) is 6. The Morgan fingerprint density at radius 1 is 1.12 bits per heavy atom. The predicted octanol–water partition coefficient (Wildman–Crippen LogP) is 1.62. The lowest BCUT2D eigenvalue weighted by atomic mass is 10.0. The van der Waals surface area contributed by atoms with Crippen LogP contribution < -0.4 is 10.1 Å². The Kier molecular flexibility index (Phi) is 8.46. The molecule has 1 aromatic rings. The summed E-state index contributed by atoms with van der Waals surface area (Å²) in [7, 11) is 1.25. The topological polar surface area (TPSA) is 90.9 Å². The van der Waals surface area contributed by atoms with E-state index in [0.717, 1.165) is 5.56 Å². The van der Waals surface area contributed by atoms with Crippen molar-refractivity contribution in [2.24, 2.45) is 5.92 Å². The van der Waals surface area contributed by atoms with E-state index < -0.39 is 30.5 Å². The van der Waals surface area contributed by atoms with E-state index in [1.807, 2.05) is 32.9 Å². The van der Waals surface area contributed by atoms with E-state index in [1.54, 1.807) is 12.1 Å². The van der Waals surface area contributed by atoms with Gasteiger partial charge in [-0.1, -0.05) is 32.0 Å². The van der Waals surface area contributed by atoms with Crippen molar-refractivity contribution >= 4 is 17.8 Å². The highest BCUT2D eigenvalue weighted by molar-refractivity contribution is 5.86. The van der Waals surface area contributed by atoms with E-state index in [-0.39, 0.29) is 12.5 Å². The van der Waals surface area contributed by atoms with Gasteiger partial charge in [-0.25, -0.2) is 9.59 Å². The Labute approximate surface area is 147 Å². The highest BCUT2D eigenvalue weighted by Gasteiger charge is 2.23. The van der Waals surface area contributed by atoms with Gasteiger partial charge < -0.3 is 19.5 Å². The second-order valence-corrected chi connectivity index (χ2v) is 5.99. The molecule has 25 heavy (non-hydrogen) atoms. The number of para-hydroxylation sites is 1. The number of ether oxygens (including phenoxy) is 3. The van der Waals surface area contributed by atoms with Crippen LogP contribution in [0.25, 0.3) is 0 Å². The lowest BCUT2D eigenvalue weighted by molar-refractivity contribution is -0.151. The smallest absolute Gasteiger partial charge is 0.344 e. The maximum absolute atomic E-state index is 11.9. The molecule has 1 aromatic carbocycles. The minimum Gasteiger partial charge on any atom is -0.482 e. The van der Waals surface area contributed by atoms with Crippen LogP contribution in [0.4, 0.5) is 0 Å². The molecule has 0 aliphatic heterocycles. The molecule has 0 aliphatic rings.